The van der Waals surface area contributed by atoms with Crippen LogP contribution in [0.25, 0.3) is 0 Å². The van der Waals surface area contributed by atoms with Crippen LogP contribution in [-0.2, 0) is 21.1 Å². The maximum atomic E-state index is 3.67. The number of H-pyrrole nitrogens is 1. The van der Waals surface area contributed by atoms with Crippen LogP contribution in [0.3, 0.4) is 0 Å². The Morgan fingerprint density at radius 3 is 2.50 bits per heavy atom. The van der Waals surface area contributed by atoms with Crippen molar-refractivity contribution in [2.45, 2.75) is 0 Å². The van der Waals surface area contributed by atoms with Gasteiger partial charge in [-0.2, -0.15) is 0 Å². The van der Waals surface area contributed by atoms with Gasteiger partial charge in [-0.05, 0) is 0 Å². The van der Waals surface area contributed by atoms with Crippen molar-refractivity contribution in [1.82, 2.24) is 9.97 Å². The third kappa shape index (κ3) is 1.36. The molecule has 0 radical (unpaired) electrons. The molecular weight excluding hydrogens is 160 g/mol. The molecule has 6 heavy (non-hydrogen) atoms. The molecule has 0 aliphatic heterocycles. The van der Waals surface area contributed by atoms with E-state index >= 15 is 0 Å². The van der Waals surface area contributed by atoms with E-state index in [0.717, 1.165) is 0 Å². The number of rotatable bonds is 0. The Morgan fingerprint density at radius 2 is 2.33 bits per heavy atom. The zero-order valence-corrected chi connectivity index (χ0v) is 5.09. The number of hydrogen-bond donors (Lipinski definition) is 1. The third-order valence-electron chi connectivity index (χ3n) is 0.406. The van der Waals surface area contributed by atoms with Gasteiger partial charge in [-0.25, -0.2) is 4.98 Å². The molecule has 1 heterocycles. The fourth-order valence-electron chi connectivity index (χ4n) is 0.215. The van der Waals surface area contributed by atoms with E-state index in [1.54, 1.807) is 18.7 Å². The van der Waals surface area contributed by atoms with Gasteiger partial charge in [-0.15, -0.1) is 0 Å². The van der Waals surface area contributed by atoms with Gasteiger partial charge in [0.1, 0.15) is 0 Å². The van der Waals surface area contributed by atoms with Gasteiger partial charge < -0.3 is 4.98 Å². The monoisotopic (exact) mass is 166 g/mol. The van der Waals surface area contributed by atoms with Crippen LogP contribution >= 0.6 is 0 Å². The molecule has 0 fully saturated rings. The van der Waals surface area contributed by atoms with Gasteiger partial charge >= 0.3 is 0 Å². The van der Waals surface area contributed by atoms with Crippen molar-refractivity contribution >= 4 is 0 Å². The molecule has 0 saturated carbocycles. The van der Waals surface area contributed by atoms with Gasteiger partial charge in [0.2, 0.25) is 0 Å². The Morgan fingerprint density at radius 1 is 1.50 bits per heavy atom. The van der Waals surface area contributed by atoms with E-state index in [2.05, 4.69) is 9.97 Å². The minimum absolute atomic E-state index is 0. The summed E-state index contributed by atoms with van der Waals surface area (Å²) < 4.78 is 0. The fraction of sp³-hybridized carbons (Fsp3) is 0. The first-order chi connectivity index (χ1) is 2.50. The summed E-state index contributed by atoms with van der Waals surface area (Å²) in [6.07, 6.45) is 5.08. The van der Waals surface area contributed by atoms with Crippen LogP contribution in [0.2, 0.25) is 0 Å². The van der Waals surface area contributed by atoms with E-state index in [1.165, 1.54) is 0 Å². The molecule has 0 unspecified atom stereocenters. The van der Waals surface area contributed by atoms with Crippen LogP contribution in [0.4, 0.5) is 0 Å². The molecule has 0 saturated heterocycles. The molecule has 0 atom stereocenters. The summed E-state index contributed by atoms with van der Waals surface area (Å²) in [4.78, 5) is 6.42. The molecule has 1 N–H and O–H groups in total. The summed E-state index contributed by atoms with van der Waals surface area (Å²) in [6, 6.07) is 0. The van der Waals surface area contributed by atoms with Crippen LogP contribution in [0.15, 0.2) is 18.7 Å². The number of imidazole rings is 1. The SMILES string of the molecule is [Mo].c1c[nH]cn1. The molecule has 32 valence electrons. The van der Waals surface area contributed by atoms with Crippen molar-refractivity contribution in [3.8, 4) is 0 Å². The summed E-state index contributed by atoms with van der Waals surface area (Å²) >= 11 is 0. The Hall–Kier alpha value is -0.102. The molecule has 1 rings (SSSR count). The van der Waals surface area contributed by atoms with E-state index in [0.29, 0.717) is 0 Å². The second-order valence-electron chi connectivity index (χ2n) is 0.761. The maximum absolute atomic E-state index is 3.67. The zero-order valence-electron chi connectivity index (χ0n) is 3.09. The van der Waals surface area contributed by atoms with Crippen molar-refractivity contribution in [3.05, 3.63) is 18.7 Å². The first-order valence-electron chi connectivity index (χ1n) is 1.43. The smallest absolute Gasteiger partial charge is 0.0919 e. The van der Waals surface area contributed by atoms with E-state index in [9.17, 15) is 0 Å². The largest absolute Gasteiger partial charge is 0.351 e. The van der Waals surface area contributed by atoms with Crippen molar-refractivity contribution in [3.63, 3.8) is 0 Å². The first kappa shape index (κ1) is 5.90. The van der Waals surface area contributed by atoms with Gasteiger partial charge in [0.15, 0.2) is 0 Å². The molecule has 0 amide bonds. The molecule has 0 spiro atoms. The van der Waals surface area contributed by atoms with E-state index < -0.39 is 0 Å². The Labute approximate surface area is 50.2 Å². The molecule has 0 aliphatic carbocycles. The van der Waals surface area contributed by atoms with Crippen LogP contribution in [-0.4, -0.2) is 9.97 Å². The van der Waals surface area contributed by atoms with Gasteiger partial charge in [-0.1, -0.05) is 0 Å². The summed E-state index contributed by atoms with van der Waals surface area (Å²) in [5.41, 5.74) is 0. The molecule has 0 aliphatic rings. The normalized spacial score (nSPS) is 6.67. The number of hydrogen-bond acceptors (Lipinski definition) is 1. The minimum atomic E-state index is 0. The molecule has 2 nitrogen and oxygen atoms in total. The van der Waals surface area contributed by atoms with E-state index in [1.807, 2.05) is 0 Å². The first-order valence-corrected chi connectivity index (χ1v) is 1.43. The maximum Gasteiger partial charge on any atom is 0.0919 e. The number of aromatic nitrogens is 2. The van der Waals surface area contributed by atoms with Crippen LogP contribution in [0.5, 0.6) is 0 Å². The van der Waals surface area contributed by atoms with Crippen LogP contribution in [0, 0.1) is 0 Å². The minimum Gasteiger partial charge on any atom is -0.351 e. The van der Waals surface area contributed by atoms with Crippen LogP contribution < -0.4 is 0 Å². The summed E-state index contributed by atoms with van der Waals surface area (Å²) in [6.45, 7) is 0. The number of nitrogens with zero attached hydrogens (tertiary/aromatic N) is 1. The van der Waals surface area contributed by atoms with Gasteiger partial charge in [0, 0.05) is 33.5 Å². The molecule has 0 bridgehead atoms. The van der Waals surface area contributed by atoms with Crippen molar-refractivity contribution in [2.75, 3.05) is 0 Å². The molecule has 3 heteroatoms. The average molecular weight is 164 g/mol. The number of nitrogens with one attached hydrogen (secondary N) is 1. The molecular formula is C3H4MoN2. The van der Waals surface area contributed by atoms with E-state index in [4.69, 9.17) is 0 Å². The average Bonchev–Trinajstić information content (AvgIpc) is 1.76. The van der Waals surface area contributed by atoms with Crippen molar-refractivity contribution in [1.29, 1.82) is 0 Å². The predicted octanol–water partition coefficient (Wildman–Crippen LogP) is 0.407. The van der Waals surface area contributed by atoms with Crippen molar-refractivity contribution in [2.24, 2.45) is 0 Å². The van der Waals surface area contributed by atoms with Crippen LogP contribution in [0.1, 0.15) is 0 Å². The van der Waals surface area contributed by atoms with Gasteiger partial charge in [-0.3, -0.25) is 0 Å². The summed E-state index contributed by atoms with van der Waals surface area (Å²) in [5.74, 6) is 0. The topological polar surface area (TPSA) is 28.7 Å². The van der Waals surface area contributed by atoms with Crippen molar-refractivity contribution < 1.29 is 21.1 Å². The second-order valence-corrected chi connectivity index (χ2v) is 0.761. The Bertz CT molecular complexity index is 65.3. The van der Waals surface area contributed by atoms with Gasteiger partial charge in [0.25, 0.3) is 0 Å². The Kier molecular flexibility index (Phi) is 3.05. The molecule has 1 aromatic heterocycles. The Balaban J connectivity index is 0.000000250. The zero-order chi connectivity index (χ0) is 3.54. The summed E-state index contributed by atoms with van der Waals surface area (Å²) in [7, 11) is 0. The third-order valence-corrected chi connectivity index (χ3v) is 0.406. The quantitative estimate of drug-likeness (QED) is 0.552. The number of aromatic amines is 1. The molecule has 0 aromatic carbocycles. The van der Waals surface area contributed by atoms with E-state index in [-0.39, 0.29) is 21.1 Å². The predicted molar refractivity (Wildman–Crippen MR) is 18.6 cm³/mol. The van der Waals surface area contributed by atoms with Gasteiger partial charge in [0.05, 0.1) is 6.33 Å². The second kappa shape index (κ2) is 3.10. The molecule has 1 aromatic rings. The standard InChI is InChI=1S/C3H4N2.Mo/c1-2-5-3-4-1;/h1-3H,(H,4,5);. The summed E-state index contributed by atoms with van der Waals surface area (Å²) in [5, 5.41) is 0. The fourth-order valence-corrected chi connectivity index (χ4v) is 0.215.